The molecule has 7 heteroatoms. The van der Waals surface area contributed by atoms with E-state index in [0.29, 0.717) is 6.54 Å². The van der Waals surface area contributed by atoms with Crippen LogP contribution in [0, 0.1) is 19.8 Å². The predicted octanol–water partition coefficient (Wildman–Crippen LogP) is 6.22. The van der Waals surface area contributed by atoms with Crippen LogP contribution in [-0.4, -0.2) is 47.0 Å². The van der Waals surface area contributed by atoms with Gasteiger partial charge in [0.2, 0.25) is 11.8 Å². The van der Waals surface area contributed by atoms with E-state index in [1.54, 1.807) is 25.7 Å². The molecule has 210 valence electrons. The van der Waals surface area contributed by atoms with E-state index in [1.807, 2.05) is 59.7 Å². The molecule has 0 bridgehead atoms. The Balaban J connectivity index is 3.47. The monoisotopic (exact) mass is 517 g/mol. The smallest absolute Gasteiger partial charge is 0.408 e. The average molecular weight is 518 g/mol. The Bertz CT molecular complexity index is 889. The molecule has 3 amide bonds. The van der Waals surface area contributed by atoms with Gasteiger partial charge in [-0.2, -0.15) is 0 Å². The van der Waals surface area contributed by atoms with Gasteiger partial charge >= 0.3 is 6.09 Å². The fourth-order valence-corrected chi connectivity index (χ4v) is 4.15. The van der Waals surface area contributed by atoms with E-state index in [9.17, 15) is 14.4 Å². The highest BCUT2D eigenvalue weighted by atomic mass is 16.6. The maximum atomic E-state index is 14.1. The summed E-state index contributed by atoms with van der Waals surface area (Å²) < 4.78 is 5.45. The zero-order valence-corrected chi connectivity index (χ0v) is 24.9. The lowest BCUT2D eigenvalue weighted by Gasteiger charge is -2.36. The summed E-state index contributed by atoms with van der Waals surface area (Å²) in [6.07, 6.45) is 4.44. The van der Waals surface area contributed by atoms with Gasteiger partial charge in [0.15, 0.2) is 0 Å². The third-order valence-corrected chi connectivity index (χ3v) is 6.23. The zero-order valence-electron chi connectivity index (χ0n) is 24.9. The maximum absolute atomic E-state index is 14.1. The van der Waals surface area contributed by atoms with Crippen LogP contribution in [0.25, 0.3) is 0 Å². The van der Waals surface area contributed by atoms with Crippen LogP contribution in [0.5, 0.6) is 0 Å². The molecule has 2 atom stereocenters. The summed E-state index contributed by atoms with van der Waals surface area (Å²) in [5.41, 5.74) is 2.26. The van der Waals surface area contributed by atoms with Crippen LogP contribution in [-0.2, 0) is 14.3 Å². The summed E-state index contributed by atoms with van der Waals surface area (Å²) in [7, 11) is 0. The Morgan fingerprint density at radius 3 is 2.05 bits per heavy atom. The summed E-state index contributed by atoms with van der Waals surface area (Å²) in [6, 6.07) is 4.19. The number of carbonyl (C=O) groups excluding carboxylic acids is 3. The van der Waals surface area contributed by atoms with Gasteiger partial charge in [0.05, 0.1) is 0 Å². The van der Waals surface area contributed by atoms with Crippen molar-refractivity contribution >= 4 is 17.9 Å². The van der Waals surface area contributed by atoms with Gasteiger partial charge in [-0.05, 0) is 77.5 Å². The van der Waals surface area contributed by atoms with Gasteiger partial charge in [0, 0.05) is 12.6 Å². The second kappa shape index (κ2) is 15.0. The van der Waals surface area contributed by atoms with Crippen LogP contribution in [0.15, 0.2) is 18.2 Å². The number of benzene rings is 1. The molecule has 0 heterocycles. The standard InChI is InChI=1S/C30H51N3O4/c1-11-12-13-14-15-18-33(28(35)25(20(2)3)32-29(36)37-30(8,9)10)26(27(34)31-21(4)5)24-17-16-22(6)23(7)19-24/h16-17,19-21,25-26H,11-15,18H2,1-10H3,(H,31,34)(H,32,36). The van der Waals surface area contributed by atoms with E-state index in [-0.39, 0.29) is 23.8 Å². The number of ether oxygens (including phenoxy) is 1. The van der Waals surface area contributed by atoms with Crippen molar-refractivity contribution in [1.29, 1.82) is 0 Å². The number of nitrogens with one attached hydrogen (secondary N) is 2. The molecule has 1 rings (SSSR count). The first kappa shape index (κ1) is 32.5. The number of unbranched alkanes of at least 4 members (excludes halogenated alkanes) is 4. The Morgan fingerprint density at radius 2 is 1.54 bits per heavy atom. The molecule has 0 spiro atoms. The fourth-order valence-electron chi connectivity index (χ4n) is 4.15. The summed E-state index contributed by atoms with van der Waals surface area (Å²) in [6.45, 7) is 19.6. The summed E-state index contributed by atoms with van der Waals surface area (Å²) >= 11 is 0. The molecule has 2 N–H and O–H groups in total. The van der Waals surface area contributed by atoms with E-state index in [4.69, 9.17) is 4.74 Å². The van der Waals surface area contributed by atoms with Gasteiger partial charge in [-0.3, -0.25) is 9.59 Å². The number of amides is 3. The number of carbonyl (C=O) groups is 3. The SMILES string of the molecule is CCCCCCCN(C(=O)C(NC(=O)OC(C)(C)C)C(C)C)C(C(=O)NC(C)C)c1ccc(C)c(C)c1. The number of hydrogen-bond donors (Lipinski definition) is 2. The van der Waals surface area contributed by atoms with Crippen molar-refractivity contribution < 1.29 is 19.1 Å². The topological polar surface area (TPSA) is 87.7 Å². The minimum absolute atomic E-state index is 0.0798. The minimum Gasteiger partial charge on any atom is -0.444 e. The van der Waals surface area contributed by atoms with E-state index in [0.717, 1.165) is 48.8 Å². The van der Waals surface area contributed by atoms with Gasteiger partial charge in [-0.15, -0.1) is 0 Å². The van der Waals surface area contributed by atoms with Crippen LogP contribution in [0.4, 0.5) is 4.79 Å². The molecular weight excluding hydrogens is 466 g/mol. The van der Waals surface area contributed by atoms with Crippen molar-refractivity contribution in [2.45, 2.75) is 125 Å². The second-order valence-corrected chi connectivity index (χ2v) is 11.7. The van der Waals surface area contributed by atoms with Crippen LogP contribution >= 0.6 is 0 Å². The first-order valence-electron chi connectivity index (χ1n) is 13.8. The molecule has 0 aliphatic rings. The quantitative estimate of drug-likeness (QED) is 0.304. The molecule has 7 nitrogen and oxygen atoms in total. The molecule has 0 saturated heterocycles. The van der Waals surface area contributed by atoms with Gasteiger partial charge in [-0.25, -0.2) is 4.79 Å². The van der Waals surface area contributed by atoms with Crippen molar-refractivity contribution in [3.63, 3.8) is 0 Å². The first-order chi connectivity index (χ1) is 17.2. The average Bonchev–Trinajstić information content (AvgIpc) is 2.76. The van der Waals surface area contributed by atoms with E-state index in [1.165, 1.54) is 0 Å². The highest BCUT2D eigenvalue weighted by molar-refractivity contribution is 5.92. The minimum atomic E-state index is -0.827. The molecule has 0 radical (unpaired) electrons. The third kappa shape index (κ3) is 11.1. The number of alkyl carbamates (subject to hydrolysis) is 1. The number of rotatable bonds is 13. The normalized spacial score (nSPS) is 13.3. The molecule has 37 heavy (non-hydrogen) atoms. The fraction of sp³-hybridized carbons (Fsp3) is 0.700. The molecule has 0 aliphatic carbocycles. The lowest BCUT2D eigenvalue weighted by Crippen LogP contribution is -2.55. The van der Waals surface area contributed by atoms with Crippen molar-refractivity contribution in [3.05, 3.63) is 34.9 Å². The van der Waals surface area contributed by atoms with Crippen molar-refractivity contribution in [2.75, 3.05) is 6.54 Å². The van der Waals surface area contributed by atoms with E-state index >= 15 is 0 Å². The van der Waals surface area contributed by atoms with Gasteiger partial charge in [0.1, 0.15) is 17.7 Å². The predicted molar refractivity (Wildman–Crippen MR) is 150 cm³/mol. The highest BCUT2D eigenvalue weighted by Gasteiger charge is 2.37. The Hall–Kier alpha value is -2.57. The zero-order chi connectivity index (χ0) is 28.3. The van der Waals surface area contributed by atoms with Crippen LogP contribution in [0.2, 0.25) is 0 Å². The molecular formula is C30H51N3O4. The highest BCUT2D eigenvalue weighted by Crippen LogP contribution is 2.27. The Kier molecular flexibility index (Phi) is 13.2. The molecule has 2 unspecified atom stereocenters. The van der Waals surface area contributed by atoms with Crippen LogP contribution < -0.4 is 10.6 Å². The van der Waals surface area contributed by atoms with E-state index in [2.05, 4.69) is 17.6 Å². The van der Waals surface area contributed by atoms with Crippen molar-refractivity contribution in [2.24, 2.45) is 5.92 Å². The summed E-state index contributed by atoms with van der Waals surface area (Å²) in [5.74, 6) is -0.699. The molecule has 0 aliphatic heterocycles. The van der Waals surface area contributed by atoms with Crippen molar-refractivity contribution in [3.8, 4) is 0 Å². The van der Waals surface area contributed by atoms with Crippen LogP contribution in [0.1, 0.15) is 110 Å². The molecule has 1 aromatic rings. The van der Waals surface area contributed by atoms with Gasteiger partial charge in [-0.1, -0.05) is 64.7 Å². The largest absolute Gasteiger partial charge is 0.444 e. The number of aryl methyl sites for hydroxylation is 2. The first-order valence-corrected chi connectivity index (χ1v) is 13.8. The third-order valence-electron chi connectivity index (χ3n) is 6.23. The van der Waals surface area contributed by atoms with Crippen LogP contribution in [0.3, 0.4) is 0 Å². The Morgan fingerprint density at radius 1 is 0.919 bits per heavy atom. The van der Waals surface area contributed by atoms with Gasteiger partial charge in [0.25, 0.3) is 0 Å². The Labute approximate surface area is 225 Å². The number of nitrogens with zero attached hydrogens (tertiary/aromatic N) is 1. The summed E-state index contributed by atoms with van der Waals surface area (Å²) in [5, 5.41) is 5.80. The molecule has 0 aromatic heterocycles. The lowest BCUT2D eigenvalue weighted by atomic mass is 9.96. The maximum Gasteiger partial charge on any atom is 0.408 e. The summed E-state index contributed by atoms with van der Waals surface area (Å²) in [4.78, 5) is 42.1. The molecule has 1 aromatic carbocycles. The lowest BCUT2D eigenvalue weighted by molar-refractivity contribution is -0.143. The molecule has 0 fully saturated rings. The van der Waals surface area contributed by atoms with Gasteiger partial charge < -0.3 is 20.3 Å². The second-order valence-electron chi connectivity index (χ2n) is 11.7. The van der Waals surface area contributed by atoms with Crippen molar-refractivity contribution in [1.82, 2.24) is 15.5 Å². The van der Waals surface area contributed by atoms with E-state index < -0.39 is 23.8 Å². The molecule has 0 saturated carbocycles. The number of hydrogen-bond acceptors (Lipinski definition) is 4.